The highest BCUT2D eigenvalue weighted by Gasteiger charge is 2.72. The zero-order valence-electron chi connectivity index (χ0n) is 18.4. The monoisotopic (exact) mass is 540 g/mol. The molecule has 0 saturated carbocycles. The fraction of sp³-hybridized carbons (Fsp3) is 1.00. The normalized spacial score (nSPS) is 19.7. The molecule has 0 fully saturated rings. The third-order valence-corrected chi connectivity index (χ3v) is 78.6. The van der Waals surface area contributed by atoms with Crippen molar-refractivity contribution in [1.29, 1.82) is 0 Å². The molecule has 27 heavy (non-hydrogen) atoms. The summed E-state index contributed by atoms with van der Waals surface area (Å²) in [5.41, 5.74) is 0. The molecule has 0 saturated heterocycles. The first-order valence-corrected chi connectivity index (χ1v) is 31.8. The van der Waals surface area contributed by atoms with Gasteiger partial charge in [-0.05, 0) is 45.3 Å². The maximum atomic E-state index is 10.4. The zero-order chi connectivity index (χ0) is 21.6. The standard InChI is InChI=1S/C10H40O8Si9/c1-9-10-23(3,4)17-24(5,6)18-26(16-20-11,25(7,8)14-2)27(15-19,21-12)22-13/h11-13H,9-10,20-22H2,1-8,19H3. The molecule has 0 aromatic carbocycles. The SMILES string of the molecule is CCC[Si](C)(C)O[Si](C)(C)O[Si](O[SiH2]O)([Si](C)(C)OC)[Si](O[SiH3])([SiH2]O)[SiH2]O. The van der Waals surface area contributed by atoms with Crippen molar-refractivity contribution >= 4 is 78.2 Å². The van der Waals surface area contributed by atoms with Crippen LogP contribution in [0.3, 0.4) is 0 Å². The Kier molecular flexibility index (Phi) is 12.0. The fourth-order valence-electron chi connectivity index (χ4n) is 3.53. The number of hydrogen-bond donors (Lipinski definition) is 3. The van der Waals surface area contributed by atoms with Gasteiger partial charge in [0, 0.05) is 7.11 Å². The first kappa shape index (κ1) is 28.6. The molecule has 1 unspecified atom stereocenters. The molecular formula is C10H40O8Si9. The highest BCUT2D eigenvalue weighted by Crippen LogP contribution is 2.34. The molecule has 17 heteroatoms. The van der Waals surface area contributed by atoms with Gasteiger partial charge in [-0.25, -0.2) is 0 Å². The minimum absolute atomic E-state index is 0.394. The average molecular weight is 541 g/mol. The van der Waals surface area contributed by atoms with E-state index in [9.17, 15) is 14.4 Å². The molecule has 0 heterocycles. The van der Waals surface area contributed by atoms with Crippen LogP contribution in [0.2, 0.25) is 45.3 Å². The van der Waals surface area contributed by atoms with Crippen LogP contribution >= 0.6 is 0 Å². The van der Waals surface area contributed by atoms with Gasteiger partial charge in [-0.3, -0.25) is 0 Å². The third-order valence-electron chi connectivity index (χ3n) is 4.84. The topological polar surface area (TPSA) is 107 Å². The summed E-state index contributed by atoms with van der Waals surface area (Å²) in [6, 6.07) is 1.03. The van der Waals surface area contributed by atoms with Crippen LogP contribution in [0.25, 0.3) is 0 Å². The Balaban J connectivity index is 6.34. The van der Waals surface area contributed by atoms with E-state index in [1.807, 2.05) is 26.2 Å². The van der Waals surface area contributed by atoms with Gasteiger partial charge in [-0.15, -0.1) is 0 Å². The Labute approximate surface area is 178 Å². The Morgan fingerprint density at radius 1 is 0.926 bits per heavy atom. The Morgan fingerprint density at radius 3 is 1.78 bits per heavy atom. The summed E-state index contributed by atoms with van der Waals surface area (Å²) in [5.74, 6) is 0. The van der Waals surface area contributed by atoms with Gasteiger partial charge in [-0.1, -0.05) is 13.3 Å². The molecule has 0 aliphatic carbocycles. The molecule has 8 nitrogen and oxygen atoms in total. The van der Waals surface area contributed by atoms with E-state index in [0.29, 0.717) is 10.5 Å². The van der Waals surface area contributed by atoms with Crippen molar-refractivity contribution in [2.45, 2.75) is 58.7 Å². The van der Waals surface area contributed by atoms with E-state index in [-0.39, 0.29) is 0 Å². The summed E-state index contributed by atoms with van der Waals surface area (Å²) in [5, 5.41) is 0. The molecule has 0 aromatic rings. The number of hydrogen-bond acceptors (Lipinski definition) is 8. The van der Waals surface area contributed by atoms with E-state index in [1.54, 1.807) is 7.11 Å². The summed E-state index contributed by atoms with van der Waals surface area (Å²) in [4.78, 5) is 30.8. The summed E-state index contributed by atoms with van der Waals surface area (Å²) < 4.78 is 31.5. The highest BCUT2D eigenvalue weighted by atomic mass is 30.0. The second kappa shape index (κ2) is 11.3. The van der Waals surface area contributed by atoms with Crippen molar-refractivity contribution in [2.24, 2.45) is 0 Å². The molecule has 3 N–H and O–H groups in total. The van der Waals surface area contributed by atoms with Gasteiger partial charge in [-0.2, -0.15) is 0 Å². The lowest BCUT2D eigenvalue weighted by Crippen LogP contribution is -2.87. The van der Waals surface area contributed by atoms with Gasteiger partial charge in [0.05, 0.1) is 0 Å². The molecule has 0 amide bonds. The summed E-state index contributed by atoms with van der Waals surface area (Å²) in [7, 11) is -13.7. The van der Waals surface area contributed by atoms with Crippen molar-refractivity contribution in [3.8, 4) is 0 Å². The van der Waals surface area contributed by atoms with Gasteiger partial charge in [0.25, 0.3) is 16.9 Å². The number of rotatable bonds is 14. The molecule has 0 radical (unpaired) electrons. The molecule has 0 bridgehead atoms. The largest absolute Gasteiger partial charge is 0.463 e. The van der Waals surface area contributed by atoms with Gasteiger partial charge < -0.3 is 35.3 Å². The fourth-order valence-corrected chi connectivity index (χ4v) is 104. The van der Waals surface area contributed by atoms with Crippen LogP contribution in [0, 0.1) is 0 Å². The molecule has 0 spiro atoms. The van der Waals surface area contributed by atoms with Crippen LogP contribution < -0.4 is 0 Å². The maximum Gasteiger partial charge on any atom is 0.340 e. The van der Waals surface area contributed by atoms with E-state index in [2.05, 4.69) is 20.0 Å². The van der Waals surface area contributed by atoms with Gasteiger partial charge in [0.15, 0.2) is 26.9 Å². The summed E-state index contributed by atoms with van der Waals surface area (Å²) >= 11 is 0. The van der Waals surface area contributed by atoms with Crippen molar-refractivity contribution in [3.05, 3.63) is 0 Å². The van der Waals surface area contributed by atoms with Gasteiger partial charge in [0.1, 0.15) is 10.5 Å². The lowest BCUT2D eigenvalue weighted by atomic mass is 10.6. The maximum absolute atomic E-state index is 10.4. The van der Waals surface area contributed by atoms with Crippen molar-refractivity contribution in [1.82, 2.24) is 0 Å². The van der Waals surface area contributed by atoms with Gasteiger partial charge >= 0.3 is 16.2 Å². The van der Waals surface area contributed by atoms with E-state index >= 15 is 0 Å². The van der Waals surface area contributed by atoms with E-state index in [0.717, 1.165) is 12.5 Å². The van der Waals surface area contributed by atoms with E-state index < -0.39 is 67.7 Å². The molecular weight excluding hydrogens is 501 g/mol. The Bertz CT molecular complexity index is 442. The Morgan fingerprint density at radius 2 is 1.44 bits per heavy atom. The Hall–Kier alpha value is 1.63. The van der Waals surface area contributed by atoms with Gasteiger partial charge in [0.2, 0.25) is 7.83 Å². The summed E-state index contributed by atoms with van der Waals surface area (Å²) in [6.07, 6.45) is 1.06. The van der Waals surface area contributed by atoms with Crippen LogP contribution in [-0.4, -0.2) is 99.7 Å². The van der Waals surface area contributed by atoms with Crippen LogP contribution in [0.1, 0.15) is 13.3 Å². The smallest absolute Gasteiger partial charge is 0.340 e. The molecule has 1 atom stereocenters. The van der Waals surface area contributed by atoms with Crippen LogP contribution in [0.5, 0.6) is 0 Å². The highest BCUT2D eigenvalue weighted by molar-refractivity contribution is 7.84. The predicted octanol–water partition coefficient (Wildman–Crippen LogP) is -2.82. The molecule has 0 aliphatic rings. The van der Waals surface area contributed by atoms with Crippen LogP contribution in [0.4, 0.5) is 0 Å². The second-order valence-corrected chi connectivity index (χ2v) is 54.8. The van der Waals surface area contributed by atoms with Crippen LogP contribution in [-0.2, 0) is 20.9 Å². The average Bonchev–Trinajstić information content (AvgIpc) is 2.55. The van der Waals surface area contributed by atoms with Crippen LogP contribution in [0.15, 0.2) is 0 Å². The zero-order valence-corrected chi connectivity index (χ0v) is 29.7. The molecule has 164 valence electrons. The second-order valence-electron chi connectivity index (χ2n) is 8.23. The molecule has 0 rings (SSSR count). The molecule has 0 aromatic heterocycles. The first-order chi connectivity index (χ1) is 12.3. The third kappa shape index (κ3) is 6.81. The minimum Gasteiger partial charge on any atom is -0.463 e. The molecule has 0 aliphatic heterocycles. The van der Waals surface area contributed by atoms with E-state index in [1.165, 1.54) is 0 Å². The predicted molar refractivity (Wildman–Crippen MR) is 133 cm³/mol. The van der Waals surface area contributed by atoms with Crippen molar-refractivity contribution < 1.29 is 35.3 Å². The van der Waals surface area contributed by atoms with E-state index in [4.69, 9.17) is 20.9 Å². The van der Waals surface area contributed by atoms with Crippen molar-refractivity contribution in [2.75, 3.05) is 7.11 Å². The summed E-state index contributed by atoms with van der Waals surface area (Å²) in [6.45, 7) is 11.6. The lowest BCUT2D eigenvalue weighted by Gasteiger charge is -2.52. The van der Waals surface area contributed by atoms with Crippen molar-refractivity contribution in [3.63, 3.8) is 0 Å². The minimum atomic E-state index is -3.30. The first-order valence-electron chi connectivity index (χ1n) is 9.25. The quantitative estimate of drug-likeness (QED) is 0.203. The lowest BCUT2D eigenvalue weighted by molar-refractivity contribution is 0.316.